The van der Waals surface area contributed by atoms with Crippen molar-refractivity contribution >= 4 is 0 Å². The SMILES string of the molecule is CCOc1nonc1C(C)(C)C. The van der Waals surface area contributed by atoms with Gasteiger partial charge in [0.25, 0.3) is 5.88 Å². The number of hydrogen-bond acceptors (Lipinski definition) is 4. The third-order valence-corrected chi connectivity index (χ3v) is 1.45. The Morgan fingerprint density at radius 2 is 2.00 bits per heavy atom. The Morgan fingerprint density at radius 3 is 2.50 bits per heavy atom. The van der Waals surface area contributed by atoms with E-state index in [4.69, 9.17) is 4.74 Å². The topological polar surface area (TPSA) is 48.2 Å². The Bertz CT molecular complexity index is 250. The lowest BCUT2D eigenvalue weighted by molar-refractivity contribution is 0.263. The third kappa shape index (κ3) is 1.75. The van der Waals surface area contributed by atoms with Gasteiger partial charge in [0, 0.05) is 5.41 Å². The van der Waals surface area contributed by atoms with E-state index in [9.17, 15) is 0 Å². The summed E-state index contributed by atoms with van der Waals surface area (Å²) < 4.78 is 9.84. The van der Waals surface area contributed by atoms with Crippen LogP contribution in [0.5, 0.6) is 5.88 Å². The molecule has 0 aliphatic heterocycles. The molecule has 0 fully saturated rings. The summed E-state index contributed by atoms with van der Waals surface area (Å²) in [5.41, 5.74) is 0.689. The minimum atomic E-state index is -0.0789. The van der Waals surface area contributed by atoms with Gasteiger partial charge in [0.05, 0.1) is 6.61 Å². The van der Waals surface area contributed by atoms with E-state index in [1.165, 1.54) is 0 Å². The predicted molar refractivity (Wildman–Crippen MR) is 44.2 cm³/mol. The molecule has 1 aromatic heterocycles. The first kappa shape index (κ1) is 9.03. The van der Waals surface area contributed by atoms with Crippen LogP contribution < -0.4 is 4.74 Å². The first-order valence-electron chi connectivity index (χ1n) is 4.01. The van der Waals surface area contributed by atoms with Gasteiger partial charge in [0.2, 0.25) is 0 Å². The van der Waals surface area contributed by atoms with E-state index in [0.29, 0.717) is 12.5 Å². The fraction of sp³-hybridized carbons (Fsp3) is 0.750. The summed E-state index contributed by atoms with van der Waals surface area (Å²) in [5, 5.41) is 7.46. The summed E-state index contributed by atoms with van der Waals surface area (Å²) >= 11 is 0. The van der Waals surface area contributed by atoms with E-state index in [-0.39, 0.29) is 5.41 Å². The number of aromatic nitrogens is 2. The van der Waals surface area contributed by atoms with Crippen molar-refractivity contribution in [2.24, 2.45) is 0 Å². The molecule has 0 radical (unpaired) electrons. The van der Waals surface area contributed by atoms with Crippen LogP contribution in [0.1, 0.15) is 33.4 Å². The predicted octanol–water partition coefficient (Wildman–Crippen LogP) is 1.77. The summed E-state index contributed by atoms with van der Waals surface area (Å²) in [6.45, 7) is 8.59. The van der Waals surface area contributed by atoms with Crippen LogP contribution in [0.3, 0.4) is 0 Å². The molecule has 1 heterocycles. The summed E-state index contributed by atoms with van der Waals surface area (Å²) in [7, 11) is 0. The lowest BCUT2D eigenvalue weighted by atomic mass is 9.93. The molecule has 12 heavy (non-hydrogen) atoms. The van der Waals surface area contributed by atoms with Gasteiger partial charge >= 0.3 is 0 Å². The Labute approximate surface area is 71.9 Å². The van der Waals surface area contributed by atoms with E-state index >= 15 is 0 Å². The summed E-state index contributed by atoms with van der Waals surface area (Å²) in [4.78, 5) is 0. The van der Waals surface area contributed by atoms with Crippen LogP contribution in [0.4, 0.5) is 0 Å². The zero-order valence-electron chi connectivity index (χ0n) is 7.92. The molecular formula is C8H14N2O2. The second-order valence-corrected chi connectivity index (χ2v) is 3.60. The van der Waals surface area contributed by atoms with Crippen LogP contribution in [0.15, 0.2) is 4.63 Å². The first-order chi connectivity index (χ1) is 5.55. The van der Waals surface area contributed by atoms with Crippen molar-refractivity contribution in [2.45, 2.75) is 33.1 Å². The Morgan fingerprint density at radius 1 is 1.33 bits per heavy atom. The molecule has 0 saturated heterocycles. The molecule has 0 N–H and O–H groups in total. The van der Waals surface area contributed by atoms with Gasteiger partial charge in [-0.25, -0.2) is 4.63 Å². The van der Waals surface area contributed by atoms with Crippen molar-refractivity contribution in [3.8, 4) is 5.88 Å². The normalized spacial score (nSPS) is 11.7. The molecular weight excluding hydrogens is 156 g/mol. The van der Waals surface area contributed by atoms with Gasteiger partial charge in [0.15, 0.2) is 5.69 Å². The van der Waals surface area contributed by atoms with Crippen molar-refractivity contribution < 1.29 is 9.37 Å². The average Bonchev–Trinajstić information content (AvgIpc) is 2.34. The van der Waals surface area contributed by atoms with Crippen molar-refractivity contribution in [2.75, 3.05) is 6.61 Å². The van der Waals surface area contributed by atoms with Crippen LogP contribution in [0.25, 0.3) is 0 Å². The number of ether oxygens (including phenoxy) is 1. The van der Waals surface area contributed by atoms with Crippen LogP contribution in [0.2, 0.25) is 0 Å². The van der Waals surface area contributed by atoms with Gasteiger partial charge in [-0.2, -0.15) is 0 Å². The van der Waals surface area contributed by atoms with E-state index in [2.05, 4.69) is 14.9 Å². The molecule has 68 valence electrons. The van der Waals surface area contributed by atoms with Crippen LogP contribution in [0, 0.1) is 0 Å². The smallest absolute Gasteiger partial charge is 0.279 e. The monoisotopic (exact) mass is 170 g/mol. The Kier molecular flexibility index (Phi) is 2.35. The Balaban J connectivity index is 2.91. The van der Waals surface area contributed by atoms with Gasteiger partial charge in [0.1, 0.15) is 0 Å². The lowest BCUT2D eigenvalue weighted by Crippen LogP contribution is -2.13. The number of rotatable bonds is 2. The van der Waals surface area contributed by atoms with Gasteiger partial charge in [-0.3, -0.25) is 0 Å². The number of nitrogens with zero attached hydrogens (tertiary/aromatic N) is 2. The standard InChI is InChI=1S/C8H14N2O2/c1-5-11-7-6(8(2,3)4)9-12-10-7/h5H2,1-4H3. The van der Waals surface area contributed by atoms with Gasteiger partial charge in [-0.1, -0.05) is 25.9 Å². The van der Waals surface area contributed by atoms with E-state index in [1.54, 1.807) is 0 Å². The Hall–Kier alpha value is -1.06. The third-order valence-electron chi connectivity index (χ3n) is 1.45. The molecule has 0 amide bonds. The summed E-state index contributed by atoms with van der Waals surface area (Å²) in [6.07, 6.45) is 0. The van der Waals surface area contributed by atoms with Crippen LogP contribution >= 0.6 is 0 Å². The summed E-state index contributed by atoms with van der Waals surface area (Å²) in [6, 6.07) is 0. The minimum Gasteiger partial charge on any atom is -0.474 e. The summed E-state index contributed by atoms with van der Waals surface area (Å²) in [5.74, 6) is 0.505. The van der Waals surface area contributed by atoms with Gasteiger partial charge in [-0.05, 0) is 12.1 Å². The molecule has 0 aliphatic carbocycles. The van der Waals surface area contributed by atoms with Crippen molar-refractivity contribution in [1.82, 2.24) is 10.3 Å². The largest absolute Gasteiger partial charge is 0.474 e. The maximum absolute atomic E-state index is 5.24. The molecule has 0 saturated carbocycles. The molecule has 0 spiro atoms. The second kappa shape index (κ2) is 3.13. The van der Waals surface area contributed by atoms with E-state index in [0.717, 1.165) is 5.69 Å². The molecule has 1 aromatic rings. The highest BCUT2D eigenvalue weighted by Crippen LogP contribution is 2.27. The molecule has 4 heteroatoms. The molecule has 0 atom stereocenters. The molecule has 0 unspecified atom stereocenters. The maximum Gasteiger partial charge on any atom is 0.279 e. The lowest BCUT2D eigenvalue weighted by Gasteiger charge is -2.14. The first-order valence-corrected chi connectivity index (χ1v) is 4.01. The van der Waals surface area contributed by atoms with Crippen molar-refractivity contribution in [3.05, 3.63) is 5.69 Å². The number of hydrogen-bond donors (Lipinski definition) is 0. The highest BCUT2D eigenvalue weighted by molar-refractivity contribution is 5.22. The average molecular weight is 170 g/mol. The highest BCUT2D eigenvalue weighted by atomic mass is 16.6. The second-order valence-electron chi connectivity index (χ2n) is 3.60. The molecule has 0 aliphatic rings. The molecule has 1 rings (SSSR count). The van der Waals surface area contributed by atoms with Gasteiger partial charge < -0.3 is 4.74 Å². The zero-order chi connectivity index (χ0) is 9.19. The zero-order valence-corrected chi connectivity index (χ0v) is 7.92. The maximum atomic E-state index is 5.24. The van der Waals surface area contributed by atoms with Gasteiger partial charge in [-0.15, -0.1) is 0 Å². The van der Waals surface area contributed by atoms with Crippen LogP contribution in [-0.4, -0.2) is 16.9 Å². The quantitative estimate of drug-likeness (QED) is 0.678. The molecule has 0 bridgehead atoms. The highest BCUT2D eigenvalue weighted by Gasteiger charge is 2.24. The van der Waals surface area contributed by atoms with Crippen molar-refractivity contribution in [3.63, 3.8) is 0 Å². The minimum absolute atomic E-state index is 0.0789. The fourth-order valence-corrected chi connectivity index (χ4v) is 0.870. The fourth-order valence-electron chi connectivity index (χ4n) is 0.870. The van der Waals surface area contributed by atoms with E-state index < -0.39 is 0 Å². The molecule has 0 aromatic carbocycles. The van der Waals surface area contributed by atoms with E-state index in [1.807, 2.05) is 27.7 Å². The molecule has 4 nitrogen and oxygen atoms in total. The van der Waals surface area contributed by atoms with Crippen LogP contribution in [-0.2, 0) is 5.41 Å². The van der Waals surface area contributed by atoms with Crippen molar-refractivity contribution in [1.29, 1.82) is 0 Å².